The number of carbonyl (C=O) groups excluding carboxylic acids is 1. The summed E-state index contributed by atoms with van der Waals surface area (Å²) in [4.78, 5) is 25.2. The molecule has 2 rings (SSSR count). The molecule has 0 saturated carbocycles. The van der Waals surface area contributed by atoms with Gasteiger partial charge in [0, 0.05) is 51.7 Å². The first-order valence-electron chi connectivity index (χ1n) is 8.20. The Balaban J connectivity index is 1.89. The van der Waals surface area contributed by atoms with E-state index in [1.807, 2.05) is 6.92 Å². The number of ether oxygens (including phenoxy) is 1. The molecule has 0 radical (unpaired) electrons. The number of methoxy groups -OCH3 is 1. The number of nitrogens with one attached hydrogen (secondary N) is 1. The van der Waals surface area contributed by atoms with Gasteiger partial charge >= 0.3 is 0 Å². The maximum absolute atomic E-state index is 12.4. The van der Waals surface area contributed by atoms with Gasteiger partial charge in [-0.1, -0.05) is 6.92 Å². The maximum atomic E-state index is 12.4. The summed E-state index contributed by atoms with van der Waals surface area (Å²) in [6.07, 6.45) is 4.31. The SMILES string of the molecule is CC[C@@H]1CN([C@H](C)C(=O)Nc2ncccn2)CCN1CCOC. The summed E-state index contributed by atoms with van der Waals surface area (Å²) >= 11 is 0. The van der Waals surface area contributed by atoms with E-state index in [4.69, 9.17) is 4.74 Å². The van der Waals surface area contributed by atoms with Crippen LogP contribution < -0.4 is 5.32 Å². The van der Waals surface area contributed by atoms with Gasteiger partial charge in [-0.25, -0.2) is 9.97 Å². The summed E-state index contributed by atoms with van der Waals surface area (Å²) in [6, 6.07) is 1.99. The minimum Gasteiger partial charge on any atom is -0.383 e. The van der Waals surface area contributed by atoms with Crippen molar-refractivity contribution in [2.24, 2.45) is 0 Å². The summed E-state index contributed by atoms with van der Waals surface area (Å²) in [5.74, 6) is 0.298. The third-order valence-electron chi connectivity index (χ3n) is 4.42. The predicted molar refractivity (Wildman–Crippen MR) is 89.2 cm³/mol. The van der Waals surface area contributed by atoms with Crippen molar-refractivity contribution in [1.82, 2.24) is 19.8 Å². The molecule has 1 aliphatic rings. The number of hydrogen-bond acceptors (Lipinski definition) is 6. The first-order chi connectivity index (χ1) is 11.2. The van der Waals surface area contributed by atoms with Gasteiger partial charge in [-0.2, -0.15) is 0 Å². The topological polar surface area (TPSA) is 70.6 Å². The van der Waals surface area contributed by atoms with E-state index in [2.05, 4.69) is 32.0 Å². The Bertz CT molecular complexity index is 485. The Morgan fingerprint density at radius 3 is 2.83 bits per heavy atom. The molecule has 1 aromatic rings. The first kappa shape index (κ1) is 17.8. The van der Waals surface area contributed by atoms with Crippen LogP contribution in [0, 0.1) is 0 Å². The third-order valence-corrected chi connectivity index (χ3v) is 4.42. The number of rotatable bonds is 7. The van der Waals surface area contributed by atoms with Crippen LogP contribution in [0.3, 0.4) is 0 Å². The van der Waals surface area contributed by atoms with Gasteiger partial charge in [0.05, 0.1) is 12.6 Å². The molecule has 1 aliphatic heterocycles. The lowest BCUT2D eigenvalue weighted by molar-refractivity contribution is -0.122. The molecule has 1 aromatic heterocycles. The van der Waals surface area contributed by atoms with Crippen molar-refractivity contribution >= 4 is 11.9 Å². The highest BCUT2D eigenvalue weighted by Gasteiger charge is 2.30. The second-order valence-electron chi connectivity index (χ2n) is 5.82. The van der Waals surface area contributed by atoms with Crippen molar-refractivity contribution in [3.63, 3.8) is 0 Å². The normalized spacial score (nSPS) is 21.1. The highest BCUT2D eigenvalue weighted by Crippen LogP contribution is 2.15. The Morgan fingerprint density at radius 1 is 1.43 bits per heavy atom. The molecule has 0 spiro atoms. The molecule has 2 atom stereocenters. The van der Waals surface area contributed by atoms with Gasteiger partial charge in [0.1, 0.15) is 0 Å². The van der Waals surface area contributed by atoms with Crippen molar-refractivity contribution < 1.29 is 9.53 Å². The molecule has 0 aliphatic carbocycles. The Hall–Kier alpha value is -1.57. The molecule has 7 heteroatoms. The summed E-state index contributed by atoms with van der Waals surface area (Å²) < 4.78 is 5.18. The van der Waals surface area contributed by atoms with Crippen LogP contribution in [0.15, 0.2) is 18.5 Å². The number of carbonyl (C=O) groups is 1. The Morgan fingerprint density at radius 2 is 2.17 bits per heavy atom. The van der Waals surface area contributed by atoms with E-state index in [0.29, 0.717) is 12.0 Å². The van der Waals surface area contributed by atoms with Crippen LogP contribution in [-0.2, 0) is 9.53 Å². The van der Waals surface area contributed by atoms with E-state index in [9.17, 15) is 4.79 Å². The molecule has 7 nitrogen and oxygen atoms in total. The van der Waals surface area contributed by atoms with Gasteiger partial charge in [0.15, 0.2) is 0 Å². The van der Waals surface area contributed by atoms with Crippen LogP contribution in [-0.4, -0.2) is 77.7 Å². The van der Waals surface area contributed by atoms with Crippen molar-refractivity contribution in [2.75, 3.05) is 45.2 Å². The molecular formula is C16H27N5O2. The second-order valence-corrected chi connectivity index (χ2v) is 5.82. The van der Waals surface area contributed by atoms with E-state index in [1.54, 1.807) is 25.6 Å². The number of hydrogen-bond donors (Lipinski definition) is 1. The fourth-order valence-electron chi connectivity index (χ4n) is 2.90. The molecule has 23 heavy (non-hydrogen) atoms. The summed E-state index contributed by atoms with van der Waals surface area (Å²) in [5.41, 5.74) is 0. The van der Waals surface area contributed by atoms with Gasteiger partial charge in [0.25, 0.3) is 0 Å². The van der Waals surface area contributed by atoms with Crippen molar-refractivity contribution in [2.45, 2.75) is 32.4 Å². The van der Waals surface area contributed by atoms with E-state index in [-0.39, 0.29) is 11.9 Å². The maximum Gasteiger partial charge on any atom is 0.243 e. The summed E-state index contributed by atoms with van der Waals surface area (Å²) in [6.45, 7) is 8.56. The van der Waals surface area contributed by atoms with E-state index in [0.717, 1.165) is 39.2 Å². The highest BCUT2D eigenvalue weighted by atomic mass is 16.5. The van der Waals surface area contributed by atoms with E-state index >= 15 is 0 Å². The number of piperazine rings is 1. The molecule has 0 aromatic carbocycles. The number of nitrogens with zero attached hydrogens (tertiary/aromatic N) is 4. The molecule has 0 unspecified atom stereocenters. The lowest BCUT2D eigenvalue weighted by Crippen LogP contribution is -2.57. The molecule has 128 valence electrons. The number of aromatic nitrogens is 2. The minimum absolute atomic E-state index is 0.0589. The molecule has 1 fully saturated rings. The second kappa shape index (κ2) is 8.90. The zero-order valence-corrected chi connectivity index (χ0v) is 14.2. The van der Waals surface area contributed by atoms with Gasteiger partial charge in [0.2, 0.25) is 11.9 Å². The van der Waals surface area contributed by atoms with Crippen LogP contribution in [0.1, 0.15) is 20.3 Å². The van der Waals surface area contributed by atoms with Crippen molar-refractivity contribution in [3.8, 4) is 0 Å². The van der Waals surface area contributed by atoms with Crippen LogP contribution in [0.25, 0.3) is 0 Å². The van der Waals surface area contributed by atoms with E-state index < -0.39 is 0 Å². The zero-order chi connectivity index (χ0) is 16.7. The van der Waals surface area contributed by atoms with Crippen LogP contribution in [0.4, 0.5) is 5.95 Å². The summed E-state index contributed by atoms with van der Waals surface area (Å²) in [7, 11) is 1.73. The van der Waals surface area contributed by atoms with Crippen LogP contribution in [0.5, 0.6) is 0 Å². The molecule has 2 heterocycles. The first-order valence-corrected chi connectivity index (χ1v) is 8.20. The average molecular weight is 321 g/mol. The fourth-order valence-corrected chi connectivity index (χ4v) is 2.90. The number of anilines is 1. The largest absolute Gasteiger partial charge is 0.383 e. The molecule has 1 saturated heterocycles. The van der Waals surface area contributed by atoms with E-state index in [1.165, 1.54) is 0 Å². The quantitative estimate of drug-likeness (QED) is 0.803. The van der Waals surface area contributed by atoms with Crippen molar-refractivity contribution in [1.29, 1.82) is 0 Å². The zero-order valence-electron chi connectivity index (χ0n) is 14.2. The van der Waals surface area contributed by atoms with Gasteiger partial charge in [-0.05, 0) is 19.4 Å². The number of amides is 1. The summed E-state index contributed by atoms with van der Waals surface area (Å²) in [5, 5.41) is 2.78. The average Bonchev–Trinajstić information content (AvgIpc) is 2.60. The molecule has 1 N–H and O–H groups in total. The third kappa shape index (κ3) is 4.95. The van der Waals surface area contributed by atoms with Gasteiger partial charge in [-0.3, -0.25) is 19.9 Å². The molecule has 1 amide bonds. The van der Waals surface area contributed by atoms with Gasteiger partial charge in [-0.15, -0.1) is 0 Å². The lowest BCUT2D eigenvalue weighted by atomic mass is 10.1. The fraction of sp³-hybridized carbons (Fsp3) is 0.688. The monoisotopic (exact) mass is 321 g/mol. The minimum atomic E-state index is -0.197. The molecule has 0 bridgehead atoms. The smallest absolute Gasteiger partial charge is 0.243 e. The standard InChI is InChI=1S/C16H27N5O2/c1-4-14-12-21(9-8-20(14)10-11-23-3)13(2)15(22)19-16-17-6-5-7-18-16/h5-7,13-14H,4,8-12H2,1-3H3,(H,17,18,19,22)/t13-,14-/m1/s1. The predicted octanol–water partition coefficient (Wildman–Crippen LogP) is 0.846. The lowest BCUT2D eigenvalue weighted by Gasteiger charge is -2.43. The highest BCUT2D eigenvalue weighted by molar-refractivity contribution is 5.93. The Labute approximate surface area is 138 Å². The van der Waals surface area contributed by atoms with Gasteiger partial charge < -0.3 is 4.74 Å². The Kier molecular flexibility index (Phi) is 6.88. The molecular weight excluding hydrogens is 294 g/mol. The van der Waals surface area contributed by atoms with Crippen LogP contribution in [0.2, 0.25) is 0 Å². The van der Waals surface area contributed by atoms with Crippen molar-refractivity contribution in [3.05, 3.63) is 18.5 Å². The van der Waals surface area contributed by atoms with Crippen LogP contribution >= 0.6 is 0 Å².